The second kappa shape index (κ2) is 6.78. The van der Waals surface area contributed by atoms with E-state index in [1.54, 1.807) is 32.4 Å². The smallest absolute Gasteiger partial charge is 0.161 e. The van der Waals surface area contributed by atoms with Gasteiger partial charge in [-0.05, 0) is 53.9 Å². The molecule has 0 radical (unpaired) electrons. The molecule has 0 bridgehead atoms. The van der Waals surface area contributed by atoms with Gasteiger partial charge in [-0.15, -0.1) is 11.6 Å². The predicted octanol–water partition coefficient (Wildman–Crippen LogP) is 5.65. The Hall–Kier alpha value is -1.09. The van der Waals surface area contributed by atoms with Gasteiger partial charge >= 0.3 is 0 Å². The van der Waals surface area contributed by atoms with E-state index in [0.29, 0.717) is 21.5 Å². The first kappa shape index (κ1) is 16.3. The zero-order valence-electron chi connectivity index (χ0n) is 11.9. The van der Waals surface area contributed by atoms with E-state index < -0.39 is 5.38 Å². The maximum atomic E-state index is 6.60. The normalized spacial score (nSPS) is 12.1. The monoisotopic (exact) mass is 344 g/mol. The van der Waals surface area contributed by atoms with Gasteiger partial charge in [-0.25, -0.2) is 0 Å². The number of rotatable bonds is 4. The largest absolute Gasteiger partial charge is 0.493 e. The molecule has 1 unspecified atom stereocenters. The Balaban J connectivity index is 2.52. The Bertz CT molecular complexity index is 656. The van der Waals surface area contributed by atoms with E-state index in [1.165, 1.54) is 0 Å². The van der Waals surface area contributed by atoms with Crippen LogP contribution in [0.4, 0.5) is 0 Å². The van der Waals surface area contributed by atoms with Gasteiger partial charge < -0.3 is 9.47 Å². The molecule has 0 amide bonds. The molecule has 112 valence electrons. The van der Waals surface area contributed by atoms with Crippen molar-refractivity contribution in [3.63, 3.8) is 0 Å². The van der Waals surface area contributed by atoms with Gasteiger partial charge in [0.15, 0.2) is 11.5 Å². The fraction of sp³-hybridized carbons (Fsp3) is 0.250. The maximum Gasteiger partial charge on any atom is 0.161 e. The lowest BCUT2D eigenvalue weighted by atomic mass is 9.99. The van der Waals surface area contributed by atoms with Crippen molar-refractivity contribution in [3.05, 3.63) is 57.1 Å². The summed E-state index contributed by atoms with van der Waals surface area (Å²) in [6.45, 7) is 1.96. The Morgan fingerprint density at radius 1 is 0.905 bits per heavy atom. The molecular formula is C16H15Cl3O2. The van der Waals surface area contributed by atoms with Crippen LogP contribution in [0.3, 0.4) is 0 Å². The average Bonchev–Trinajstić information content (AvgIpc) is 2.48. The molecule has 0 aromatic heterocycles. The third-order valence-corrected chi connectivity index (χ3v) is 4.33. The topological polar surface area (TPSA) is 18.5 Å². The molecule has 5 heteroatoms. The zero-order valence-corrected chi connectivity index (χ0v) is 14.2. The van der Waals surface area contributed by atoms with Gasteiger partial charge in [0.2, 0.25) is 0 Å². The Morgan fingerprint density at radius 2 is 1.52 bits per heavy atom. The highest BCUT2D eigenvalue weighted by atomic mass is 35.5. The van der Waals surface area contributed by atoms with Crippen molar-refractivity contribution < 1.29 is 9.47 Å². The minimum Gasteiger partial charge on any atom is -0.493 e. The van der Waals surface area contributed by atoms with E-state index in [1.807, 2.05) is 19.1 Å². The summed E-state index contributed by atoms with van der Waals surface area (Å²) in [6, 6.07) is 9.01. The van der Waals surface area contributed by atoms with Gasteiger partial charge in [0.25, 0.3) is 0 Å². The average molecular weight is 346 g/mol. The molecule has 0 N–H and O–H groups in total. The van der Waals surface area contributed by atoms with Crippen molar-refractivity contribution in [1.82, 2.24) is 0 Å². The highest BCUT2D eigenvalue weighted by Gasteiger charge is 2.19. The van der Waals surface area contributed by atoms with Crippen LogP contribution in [0.15, 0.2) is 30.3 Å². The van der Waals surface area contributed by atoms with Crippen LogP contribution < -0.4 is 9.47 Å². The van der Waals surface area contributed by atoms with E-state index in [9.17, 15) is 0 Å². The fourth-order valence-corrected chi connectivity index (χ4v) is 3.02. The van der Waals surface area contributed by atoms with Crippen LogP contribution in [0.5, 0.6) is 11.5 Å². The van der Waals surface area contributed by atoms with E-state index in [4.69, 9.17) is 44.3 Å². The number of ether oxygens (including phenoxy) is 2. The number of halogens is 3. The van der Waals surface area contributed by atoms with Gasteiger partial charge in [-0.1, -0.05) is 23.2 Å². The molecule has 0 saturated heterocycles. The maximum absolute atomic E-state index is 6.60. The molecule has 0 aliphatic rings. The highest BCUT2D eigenvalue weighted by Crippen LogP contribution is 2.40. The van der Waals surface area contributed by atoms with Gasteiger partial charge in [0, 0.05) is 10.0 Å². The first-order valence-electron chi connectivity index (χ1n) is 6.29. The number of aryl methyl sites for hydroxylation is 1. The number of benzene rings is 2. The fourth-order valence-electron chi connectivity index (χ4n) is 2.15. The third kappa shape index (κ3) is 3.39. The first-order valence-corrected chi connectivity index (χ1v) is 7.48. The number of alkyl halides is 1. The lowest BCUT2D eigenvalue weighted by Gasteiger charge is -2.18. The minimum absolute atomic E-state index is 0.420. The van der Waals surface area contributed by atoms with Crippen LogP contribution in [0.1, 0.15) is 22.1 Å². The van der Waals surface area contributed by atoms with Crippen molar-refractivity contribution in [2.45, 2.75) is 12.3 Å². The molecule has 0 spiro atoms. The Kier molecular flexibility index (Phi) is 5.26. The lowest BCUT2D eigenvalue weighted by molar-refractivity contribution is 0.354. The van der Waals surface area contributed by atoms with Crippen molar-refractivity contribution >= 4 is 34.8 Å². The molecule has 1 atom stereocenters. The Morgan fingerprint density at radius 3 is 2.14 bits per heavy atom. The number of methoxy groups -OCH3 is 2. The molecule has 21 heavy (non-hydrogen) atoms. The van der Waals surface area contributed by atoms with Crippen LogP contribution in [-0.2, 0) is 0 Å². The molecule has 2 aromatic rings. The summed E-state index contributed by atoms with van der Waals surface area (Å²) < 4.78 is 10.6. The van der Waals surface area contributed by atoms with E-state index in [0.717, 1.165) is 16.7 Å². The summed E-state index contributed by atoms with van der Waals surface area (Å²) >= 11 is 18.9. The van der Waals surface area contributed by atoms with Crippen LogP contribution in [0, 0.1) is 6.92 Å². The molecule has 2 rings (SSSR count). The summed E-state index contributed by atoms with van der Waals surface area (Å²) in [5, 5.41) is 0.753. The van der Waals surface area contributed by atoms with Crippen molar-refractivity contribution in [3.8, 4) is 11.5 Å². The highest BCUT2D eigenvalue weighted by molar-refractivity contribution is 6.35. The lowest BCUT2D eigenvalue weighted by Crippen LogP contribution is -2.00. The van der Waals surface area contributed by atoms with Crippen LogP contribution in [0.2, 0.25) is 10.0 Å². The SMILES string of the molecule is COc1cc(C)c(C(Cl)c2cc(Cl)ccc2Cl)cc1OC. The molecule has 2 nitrogen and oxygen atoms in total. The molecule has 0 saturated carbocycles. The summed E-state index contributed by atoms with van der Waals surface area (Å²) in [5.41, 5.74) is 2.66. The van der Waals surface area contributed by atoms with E-state index in [2.05, 4.69) is 0 Å². The van der Waals surface area contributed by atoms with Gasteiger partial charge in [-0.2, -0.15) is 0 Å². The second-order valence-electron chi connectivity index (χ2n) is 4.59. The van der Waals surface area contributed by atoms with Crippen LogP contribution in [0.25, 0.3) is 0 Å². The van der Waals surface area contributed by atoms with Gasteiger partial charge in [-0.3, -0.25) is 0 Å². The molecule has 0 aliphatic carbocycles. The first-order chi connectivity index (χ1) is 9.97. The molecule has 2 aromatic carbocycles. The number of hydrogen-bond acceptors (Lipinski definition) is 2. The quantitative estimate of drug-likeness (QED) is 0.667. The summed E-state index contributed by atoms with van der Waals surface area (Å²) in [6.07, 6.45) is 0. The van der Waals surface area contributed by atoms with E-state index in [-0.39, 0.29) is 0 Å². The standard InChI is InChI=1S/C16H15Cl3O2/c1-9-6-14(20-2)15(21-3)8-11(9)16(19)12-7-10(17)4-5-13(12)18/h4-8,16H,1-3H3. The predicted molar refractivity (Wildman–Crippen MR) is 88.4 cm³/mol. The third-order valence-electron chi connectivity index (χ3n) is 3.28. The van der Waals surface area contributed by atoms with E-state index >= 15 is 0 Å². The minimum atomic E-state index is -0.420. The summed E-state index contributed by atoms with van der Waals surface area (Å²) in [4.78, 5) is 0. The molecular weight excluding hydrogens is 331 g/mol. The zero-order chi connectivity index (χ0) is 15.6. The van der Waals surface area contributed by atoms with Gasteiger partial charge in [0.05, 0.1) is 19.6 Å². The molecule has 0 aliphatic heterocycles. The number of hydrogen-bond donors (Lipinski definition) is 0. The van der Waals surface area contributed by atoms with Crippen LogP contribution >= 0.6 is 34.8 Å². The van der Waals surface area contributed by atoms with Gasteiger partial charge in [0.1, 0.15) is 0 Å². The van der Waals surface area contributed by atoms with Crippen LogP contribution in [-0.4, -0.2) is 14.2 Å². The molecule has 0 heterocycles. The Labute approximate surface area is 139 Å². The summed E-state index contributed by atoms with van der Waals surface area (Å²) in [7, 11) is 3.19. The summed E-state index contributed by atoms with van der Waals surface area (Å²) in [5.74, 6) is 1.29. The molecule has 0 fully saturated rings. The second-order valence-corrected chi connectivity index (χ2v) is 5.87. The van der Waals surface area contributed by atoms with Crippen molar-refractivity contribution in [2.24, 2.45) is 0 Å². The van der Waals surface area contributed by atoms with Crippen molar-refractivity contribution in [1.29, 1.82) is 0 Å². The van der Waals surface area contributed by atoms with Crippen molar-refractivity contribution in [2.75, 3.05) is 14.2 Å².